The molecule has 0 amide bonds. The molecule has 0 N–H and O–H groups in total. The van der Waals surface area contributed by atoms with E-state index in [2.05, 4.69) is 4.74 Å². The number of esters is 1. The van der Waals surface area contributed by atoms with Gasteiger partial charge in [0.1, 0.15) is 11.7 Å². The van der Waals surface area contributed by atoms with Crippen LogP contribution in [0.2, 0.25) is 0 Å². The van der Waals surface area contributed by atoms with E-state index in [0.717, 1.165) is 25.7 Å². The number of Topliss-reactive ketones (excluding diaryl/α,β-unsaturated/α-hetero) is 1. The van der Waals surface area contributed by atoms with Gasteiger partial charge < -0.3 is 4.74 Å². The highest BCUT2D eigenvalue weighted by Crippen LogP contribution is 2.20. The molecule has 1 aliphatic carbocycles. The fraction of sp³-hybridized carbons (Fsp3) is 0.800. The lowest BCUT2D eigenvalue weighted by atomic mass is 9.90. The predicted octanol–water partition coefficient (Wildman–Crippen LogP) is 1.70. The molecule has 0 aromatic carbocycles. The molecule has 0 aliphatic heterocycles. The van der Waals surface area contributed by atoms with Crippen LogP contribution in [0.3, 0.4) is 0 Å². The number of hydrogen-bond acceptors (Lipinski definition) is 3. The molecule has 0 heterocycles. The van der Waals surface area contributed by atoms with E-state index in [1.807, 2.05) is 0 Å². The first kappa shape index (κ1) is 10.2. The Morgan fingerprint density at radius 3 is 2.69 bits per heavy atom. The van der Waals surface area contributed by atoms with Crippen molar-refractivity contribution in [1.82, 2.24) is 0 Å². The van der Waals surface area contributed by atoms with Crippen molar-refractivity contribution in [2.75, 3.05) is 7.11 Å². The van der Waals surface area contributed by atoms with Crippen LogP contribution in [0.25, 0.3) is 0 Å². The van der Waals surface area contributed by atoms with E-state index >= 15 is 0 Å². The van der Waals surface area contributed by atoms with Crippen LogP contribution >= 0.6 is 0 Å². The average molecular weight is 184 g/mol. The lowest BCUT2D eigenvalue weighted by molar-refractivity contribution is -0.150. The number of ketones is 1. The summed E-state index contributed by atoms with van der Waals surface area (Å²) >= 11 is 0. The molecule has 1 aliphatic rings. The van der Waals surface area contributed by atoms with Crippen LogP contribution in [-0.4, -0.2) is 18.9 Å². The average Bonchev–Trinajstić information content (AvgIpc) is 2.11. The van der Waals surface area contributed by atoms with E-state index in [1.165, 1.54) is 7.11 Å². The van der Waals surface area contributed by atoms with E-state index in [4.69, 9.17) is 0 Å². The van der Waals surface area contributed by atoms with Gasteiger partial charge in [0.05, 0.1) is 7.11 Å². The van der Waals surface area contributed by atoms with Gasteiger partial charge in [0.25, 0.3) is 0 Å². The number of ether oxygens (including phenoxy) is 1. The Kier molecular flexibility index (Phi) is 3.93. The van der Waals surface area contributed by atoms with Gasteiger partial charge in [0.15, 0.2) is 0 Å². The van der Waals surface area contributed by atoms with E-state index < -0.39 is 5.92 Å². The Balaban J connectivity index is 2.56. The molecule has 0 bridgehead atoms. The minimum Gasteiger partial charge on any atom is -0.468 e. The monoisotopic (exact) mass is 184 g/mol. The second kappa shape index (κ2) is 5.00. The van der Waals surface area contributed by atoms with Crippen molar-refractivity contribution in [1.29, 1.82) is 0 Å². The fourth-order valence-corrected chi connectivity index (χ4v) is 1.73. The maximum absolute atomic E-state index is 11.5. The zero-order chi connectivity index (χ0) is 9.68. The highest BCUT2D eigenvalue weighted by atomic mass is 16.5. The van der Waals surface area contributed by atoms with Gasteiger partial charge in [-0.1, -0.05) is 19.3 Å². The van der Waals surface area contributed by atoms with Crippen LogP contribution in [0.5, 0.6) is 0 Å². The van der Waals surface area contributed by atoms with Gasteiger partial charge in [-0.3, -0.25) is 9.59 Å². The highest BCUT2D eigenvalue weighted by molar-refractivity contribution is 5.98. The first-order chi connectivity index (χ1) is 6.25. The van der Waals surface area contributed by atoms with Crippen LogP contribution in [0, 0.1) is 5.92 Å². The van der Waals surface area contributed by atoms with E-state index in [1.54, 1.807) is 0 Å². The zero-order valence-corrected chi connectivity index (χ0v) is 8.04. The number of carbonyl (C=O) groups excluding carboxylic acids is 2. The molecule has 3 heteroatoms. The van der Waals surface area contributed by atoms with Crippen LogP contribution in [0.4, 0.5) is 0 Å². The van der Waals surface area contributed by atoms with E-state index in [-0.39, 0.29) is 11.8 Å². The molecule has 13 heavy (non-hydrogen) atoms. The van der Waals surface area contributed by atoms with Gasteiger partial charge in [-0.05, 0) is 12.8 Å². The van der Waals surface area contributed by atoms with Crippen LogP contribution in [0.1, 0.15) is 38.5 Å². The lowest BCUT2D eigenvalue weighted by Crippen LogP contribution is -2.26. The van der Waals surface area contributed by atoms with Crippen molar-refractivity contribution < 1.29 is 14.3 Å². The highest BCUT2D eigenvalue weighted by Gasteiger charge is 2.27. The third kappa shape index (κ3) is 2.83. The number of rotatable bonds is 1. The minimum atomic E-state index is -0.481. The molecule has 3 nitrogen and oxygen atoms in total. The van der Waals surface area contributed by atoms with Crippen LogP contribution in [-0.2, 0) is 14.3 Å². The van der Waals surface area contributed by atoms with E-state index in [9.17, 15) is 9.59 Å². The maximum atomic E-state index is 11.5. The number of hydrogen-bond donors (Lipinski definition) is 0. The molecule has 74 valence electrons. The topological polar surface area (TPSA) is 43.4 Å². The molecule has 0 aromatic rings. The Morgan fingerprint density at radius 2 is 2.00 bits per heavy atom. The van der Waals surface area contributed by atoms with Crippen LogP contribution in [0.15, 0.2) is 0 Å². The quantitative estimate of drug-likeness (QED) is 0.460. The van der Waals surface area contributed by atoms with Gasteiger partial charge in [0, 0.05) is 6.42 Å². The summed E-state index contributed by atoms with van der Waals surface area (Å²) in [5.41, 5.74) is 0. The first-order valence-electron chi connectivity index (χ1n) is 4.86. The molecular formula is C10H16O3. The summed E-state index contributed by atoms with van der Waals surface area (Å²) in [6, 6.07) is 0. The Labute approximate surface area is 78.5 Å². The van der Waals surface area contributed by atoms with Crippen molar-refractivity contribution in [2.45, 2.75) is 38.5 Å². The van der Waals surface area contributed by atoms with Gasteiger partial charge in [0.2, 0.25) is 0 Å². The molecular weight excluding hydrogens is 168 g/mol. The number of carbonyl (C=O) groups is 2. The Morgan fingerprint density at radius 1 is 1.31 bits per heavy atom. The molecule has 0 radical (unpaired) electrons. The second-order valence-electron chi connectivity index (χ2n) is 3.49. The molecule has 0 spiro atoms. The largest absolute Gasteiger partial charge is 0.468 e. The zero-order valence-electron chi connectivity index (χ0n) is 8.04. The molecule has 1 saturated carbocycles. The van der Waals surface area contributed by atoms with Gasteiger partial charge in [-0.2, -0.15) is 0 Å². The van der Waals surface area contributed by atoms with Gasteiger partial charge in [-0.15, -0.1) is 0 Å². The third-order valence-corrected chi connectivity index (χ3v) is 2.54. The molecule has 1 atom stereocenters. The van der Waals surface area contributed by atoms with Crippen LogP contribution < -0.4 is 0 Å². The smallest absolute Gasteiger partial charge is 0.316 e. The molecule has 1 fully saturated rings. The predicted molar refractivity (Wildman–Crippen MR) is 48.2 cm³/mol. The Bertz CT molecular complexity index is 198. The summed E-state index contributed by atoms with van der Waals surface area (Å²) in [6.45, 7) is 0. The number of methoxy groups -OCH3 is 1. The SMILES string of the molecule is COC(=O)[C@@H]1CCCCCCC1=O. The van der Waals surface area contributed by atoms with Gasteiger partial charge in [-0.25, -0.2) is 0 Å². The van der Waals surface area contributed by atoms with Crippen molar-refractivity contribution in [3.05, 3.63) is 0 Å². The summed E-state index contributed by atoms with van der Waals surface area (Å²) in [6.07, 6.45) is 5.34. The summed E-state index contributed by atoms with van der Waals surface area (Å²) in [5, 5.41) is 0. The fourth-order valence-electron chi connectivity index (χ4n) is 1.73. The molecule has 0 aromatic heterocycles. The summed E-state index contributed by atoms with van der Waals surface area (Å²) in [5.74, 6) is -0.774. The maximum Gasteiger partial charge on any atom is 0.316 e. The molecule has 1 rings (SSSR count). The summed E-state index contributed by atoms with van der Waals surface area (Å²) in [4.78, 5) is 22.7. The molecule has 0 unspecified atom stereocenters. The Hall–Kier alpha value is -0.860. The van der Waals surface area contributed by atoms with E-state index in [0.29, 0.717) is 12.8 Å². The normalized spacial score (nSPS) is 24.7. The molecule has 0 saturated heterocycles. The minimum absolute atomic E-state index is 0.0616. The van der Waals surface area contributed by atoms with Crippen molar-refractivity contribution in [3.8, 4) is 0 Å². The lowest BCUT2D eigenvalue weighted by Gasteiger charge is -2.15. The second-order valence-corrected chi connectivity index (χ2v) is 3.49. The summed E-state index contributed by atoms with van der Waals surface area (Å²) < 4.78 is 4.60. The van der Waals surface area contributed by atoms with Gasteiger partial charge >= 0.3 is 5.97 Å². The first-order valence-corrected chi connectivity index (χ1v) is 4.86. The summed E-state index contributed by atoms with van der Waals surface area (Å²) in [7, 11) is 1.34. The van der Waals surface area contributed by atoms with Crippen molar-refractivity contribution in [3.63, 3.8) is 0 Å². The van der Waals surface area contributed by atoms with Crippen molar-refractivity contribution >= 4 is 11.8 Å². The van der Waals surface area contributed by atoms with Crippen molar-refractivity contribution in [2.24, 2.45) is 5.92 Å². The third-order valence-electron chi connectivity index (χ3n) is 2.54. The standard InChI is InChI=1S/C10H16O3/c1-13-10(12)8-6-4-2-3-5-7-9(8)11/h8H,2-7H2,1H3/t8-/m1/s1.